The smallest absolute Gasteiger partial charge is 0.197 e. The van der Waals surface area contributed by atoms with E-state index in [1.54, 1.807) is 0 Å². The van der Waals surface area contributed by atoms with Crippen molar-refractivity contribution in [2.75, 3.05) is 39.3 Å². The average molecular weight is 1610 g/mol. The van der Waals surface area contributed by atoms with Crippen LogP contribution in [0.1, 0.15) is 237 Å². The molecule has 0 aliphatic rings. The molecule has 0 amide bonds. The molecule has 0 spiro atoms. The summed E-state index contributed by atoms with van der Waals surface area (Å²) in [4.78, 5) is 0. The Kier molecular flexibility index (Phi) is 156. The maximum absolute atomic E-state index is 7.83. The fraction of sp³-hybridized carbons (Fsp3) is 0.889. The molecule has 12 nitrogen and oxygen atoms in total. The van der Waals surface area contributed by atoms with E-state index < -0.39 is 0 Å². The molecule has 0 saturated heterocycles. The topological polar surface area (TPSA) is 175 Å². The molecule has 510 valence electrons. The largest absolute Gasteiger partial charge is 0.412 e. The summed E-state index contributed by atoms with van der Waals surface area (Å²) >= 11 is 74.3. The first kappa shape index (κ1) is 117. The molecule has 31 heteroatoms. The van der Waals surface area contributed by atoms with Crippen LogP contribution in [0.3, 0.4) is 0 Å². The zero-order valence-corrected chi connectivity index (χ0v) is 69.6. The van der Waals surface area contributed by atoms with E-state index in [-0.39, 0.29) is 21.1 Å². The van der Waals surface area contributed by atoms with Crippen molar-refractivity contribution in [3.63, 3.8) is 0 Å². The van der Waals surface area contributed by atoms with Crippen LogP contribution >= 0.6 is 73.3 Å². The fourth-order valence-electron chi connectivity index (χ4n) is 7.03. The van der Waals surface area contributed by atoms with Gasteiger partial charge in [-0.05, 0) is 74.0 Å². The Morgan fingerprint density at radius 2 is 0.341 bits per heavy atom. The molecule has 0 saturated carbocycles. The Hall–Kier alpha value is 1.47. The number of unbranched alkanes of at least 4 members (excludes halogenated alkanes) is 6. The van der Waals surface area contributed by atoms with E-state index in [9.17, 15) is 0 Å². The Morgan fingerprint density at radius 3 is 0.400 bits per heavy atom. The van der Waals surface area contributed by atoms with Crippen molar-refractivity contribution in [1.29, 1.82) is 0 Å². The first-order valence-corrected chi connectivity index (χ1v) is 35.8. The second-order valence-corrected chi connectivity index (χ2v) is 25.0. The molecule has 0 aromatic heterocycles. The molecule has 0 rings (SSSR count). The zero-order valence-electron chi connectivity index (χ0n) is 52.9. The van der Waals surface area contributed by atoms with Gasteiger partial charge in [-0.25, -0.2) is 0 Å². The molecule has 6 atom stereocenters. The van der Waals surface area contributed by atoms with Crippen LogP contribution in [0.5, 0.6) is 0 Å². The molecule has 0 aromatic rings. The van der Waals surface area contributed by atoms with Gasteiger partial charge in [-0.15, -0.1) is 0 Å². The van der Waals surface area contributed by atoms with E-state index in [1.165, 1.54) is 154 Å². The molecular weight excluding hydrogens is 1500 g/mol. The molecule has 0 aliphatic carbocycles. The van der Waals surface area contributed by atoms with Gasteiger partial charge in [-0.3, -0.25) is 0 Å². The quantitative estimate of drug-likeness (QED) is 0.0198. The third-order valence-electron chi connectivity index (χ3n) is 12.5. The van der Waals surface area contributed by atoms with E-state index in [2.05, 4.69) is 190 Å². The average Bonchev–Trinajstić information content (AvgIpc) is 3.51. The van der Waals surface area contributed by atoms with Crippen molar-refractivity contribution in [3.05, 3.63) is 0 Å². The van der Waals surface area contributed by atoms with Gasteiger partial charge in [0.05, 0.1) is 0 Å². The SMILES string of the molecule is CCCCC(CC)CNC(=S)[S-].CCCCC(CC)CNC(=S)[S-].CCCCC(CC)CNC(=S)[S-].CCCCC(CC)CNC(=S)[S-].CCCCC(CC)CNC(=S)[S-].CCCCC(CC)CNC(=S)[S-].O=S.O=S.O=S.O=S.O=S.O=S.[Mo]. The van der Waals surface area contributed by atoms with E-state index >= 15 is 0 Å². The molecular formula is C54H108MoN6O6S18-6. The Bertz CT molecular complexity index is 1120. The number of hydrogen-bond donors (Lipinski definition) is 6. The second-order valence-electron chi connectivity index (χ2n) is 18.5. The van der Waals surface area contributed by atoms with Crippen molar-refractivity contribution in [2.45, 2.75) is 237 Å². The van der Waals surface area contributed by atoms with Crippen molar-refractivity contribution >= 4 is 250 Å². The van der Waals surface area contributed by atoms with Crippen molar-refractivity contribution in [3.8, 4) is 0 Å². The van der Waals surface area contributed by atoms with Crippen LogP contribution in [-0.4, -0.2) is 90.4 Å². The molecule has 6 unspecified atom stereocenters. The Morgan fingerprint density at radius 1 is 0.247 bits per heavy atom. The summed E-state index contributed by atoms with van der Waals surface area (Å²) in [6.45, 7) is 32.4. The van der Waals surface area contributed by atoms with Gasteiger partial charge >= 0.3 is 0 Å². The van der Waals surface area contributed by atoms with Gasteiger partial charge in [0.1, 0.15) is 0 Å². The van der Waals surface area contributed by atoms with Gasteiger partial charge in [0.25, 0.3) is 0 Å². The summed E-state index contributed by atoms with van der Waals surface area (Å²) in [5, 5.41) is 18.3. The first-order chi connectivity index (χ1) is 40.2. The molecule has 0 heterocycles. The van der Waals surface area contributed by atoms with Crippen molar-refractivity contribution in [2.24, 2.45) is 35.5 Å². The maximum atomic E-state index is 7.83. The van der Waals surface area contributed by atoms with Gasteiger partial charge < -0.3 is 181 Å². The van der Waals surface area contributed by atoms with Crippen LogP contribution in [-0.2, 0) is 172 Å². The summed E-state index contributed by atoms with van der Waals surface area (Å²) in [5.74, 6) is 4.45. The number of nitrogens with one attached hydrogen (secondary N) is 6. The standard InChI is InChI=1S/6C9H19NS2.Mo.6OS/c6*1-3-5-6-8(4-2)7-10-9(11)12;;6*1-2/h6*8H,3-7H2,1-2H3,(H2,10,11,12);;;;;;;/p-6. The summed E-state index contributed by atoms with van der Waals surface area (Å²) < 4.78 is 50.0. The molecule has 0 radical (unpaired) electrons. The van der Waals surface area contributed by atoms with E-state index in [4.69, 9.17) is 174 Å². The van der Waals surface area contributed by atoms with Crippen LogP contribution < -0.4 is 31.9 Å². The Balaban J connectivity index is -0.0000000639. The van der Waals surface area contributed by atoms with Gasteiger partial charge in [0.2, 0.25) is 0 Å². The third-order valence-corrected chi connectivity index (χ3v) is 14.2. The van der Waals surface area contributed by atoms with Crippen LogP contribution in [0.15, 0.2) is 0 Å². The summed E-state index contributed by atoms with van der Waals surface area (Å²) in [6.07, 6.45) is 30.5. The van der Waals surface area contributed by atoms with E-state index in [0.29, 0.717) is 25.9 Å². The normalized spacial score (nSPS) is 10.9. The van der Waals surface area contributed by atoms with E-state index in [1.807, 2.05) is 0 Å². The molecule has 6 N–H and O–H groups in total. The predicted molar refractivity (Wildman–Crippen MR) is 416 cm³/mol. The monoisotopic (exact) mass is 1610 g/mol. The number of hydrogen-bond acceptors (Lipinski definition) is 24. The molecule has 0 fully saturated rings. The third kappa shape index (κ3) is 131. The van der Waals surface area contributed by atoms with Gasteiger partial charge in [0, 0.05) is 60.3 Å². The van der Waals surface area contributed by atoms with Crippen LogP contribution in [0.2, 0.25) is 0 Å². The van der Waals surface area contributed by atoms with Crippen LogP contribution in [0.25, 0.3) is 0 Å². The summed E-state index contributed by atoms with van der Waals surface area (Å²) in [6, 6.07) is 0. The van der Waals surface area contributed by atoms with Crippen LogP contribution in [0.4, 0.5) is 0 Å². The Labute approximate surface area is 633 Å². The van der Waals surface area contributed by atoms with Crippen molar-refractivity contribution in [1.82, 2.24) is 31.9 Å². The van der Waals surface area contributed by atoms with Crippen LogP contribution in [0, 0.1) is 35.5 Å². The predicted octanol–water partition coefficient (Wildman–Crippen LogP) is 13.7. The van der Waals surface area contributed by atoms with Gasteiger partial charge in [-0.1, -0.05) is 225 Å². The van der Waals surface area contributed by atoms with Gasteiger partial charge in [-0.2, -0.15) is 25.3 Å². The summed E-state index contributed by atoms with van der Waals surface area (Å²) in [7, 11) is 0. The molecule has 85 heavy (non-hydrogen) atoms. The van der Waals surface area contributed by atoms with Crippen molar-refractivity contribution < 1.29 is 46.3 Å². The zero-order chi connectivity index (χ0) is 68.4. The maximum Gasteiger partial charge on any atom is 0.197 e. The van der Waals surface area contributed by atoms with Gasteiger partial charge in [0.15, 0.2) is 75.2 Å². The number of thiocarbonyl (C=S) groups is 6. The molecule has 0 aromatic carbocycles. The van der Waals surface area contributed by atoms with E-state index in [0.717, 1.165) is 74.8 Å². The summed E-state index contributed by atoms with van der Waals surface area (Å²) in [5.41, 5.74) is 0. The minimum absolute atomic E-state index is 0. The molecule has 0 bridgehead atoms. The minimum Gasteiger partial charge on any atom is -0.412 e. The number of rotatable bonds is 36. The fourth-order valence-corrected chi connectivity index (χ4v) is 8.03. The first-order valence-electron chi connectivity index (χ1n) is 28.9. The minimum atomic E-state index is 0. The second kappa shape index (κ2) is 113. The molecule has 0 aliphatic heterocycles.